The van der Waals surface area contributed by atoms with Gasteiger partial charge >= 0.3 is 0 Å². The Morgan fingerprint density at radius 2 is 1.79 bits per heavy atom. The summed E-state index contributed by atoms with van der Waals surface area (Å²) in [4.78, 5) is 12.0. The van der Waals surface area contributed by atoms with E-state index in [9.17, 15) is 18.7 Å². The molecule has 0 bridgehead atoms. The number of benzene rings is 2. The molecule has 2 aromatic carbocycles. The van der Waals surface area contributed by atoms with Gasteiger partial charge in [0, 0.05) is 16.8 Å². The molecule has 1 unspecified atom stereocenters. The smallest absolute Gasteiger partial charge is 0.265 e. The largest absolute Gasteiger partial charge is 0.372 e. The Balaban J connectivity index is 2.28. The highest BCUT2D eigenvalue weighted by molar-refractivity contribution is 6.07. The maximum atomic E-state index is 13.8. The third kappa shape index (κ3) is 1.55. The van der Waals surface area contributed by atoms with E-state index in [4.69, 9.17) is 0 Å². The minimum Gasteiger partial charge on any atom is -0.372 e. The zero-order valence-corrected chi connectivity index (χ0v) is 9.65. The van der Waals surface area contributed by atoms with Crippen molar-refractivity contribution in [2.45, 2.75) is 5.60 Å². The Hall–Kier alpha value is -2.27. The zero-order chi connectivity index (χ0) is 13.6. The number of anilines is 1. The van der Waals surface area contributed by atoms with Crippen molar-refractivity contribution in [2.75, 3.05) is 5.32 Å². The van der Waals surface area contributed by atoms with Gasteiger partial charge in [0.25, 0.3) is 5.91 Å². The number of nitrogens with one attached hydrogen (secondary N) is 1. The quantitative estimate of drug-likeness (QED) is 0.826. The van der Waals surface area contributed by atoms with Gasteiger partial charge in [0.05, 0.1) is 0 Å². The van der Waals surface area contributed by atoms with Gasteiger partial charge in [-0.3, -0.25) is 4.79 Å². The molecule has 2 aromatic rings. The summed E-state index contributed by atoms with van der Waals surface area (Å²) in [6.45, 7) is 0. The lowest BCUT2D eigenvalue weighted by molar-refractivity contribution is -0.129. The van der Waals surface area contributed by atoms with Gasteiger partial charge in [0.15, 0.2) is 5.60 Å². The van der Waals surface area contributed by atoms with Crippen LogP contribution in [0, 0.1) is 11.6 Å². The first-order chi connectivity index (χ1) is 9.03. The number of hydrogen-bond acceptors (Lipinski definition) is 2. The number of fused-ring (bicyclic) bond motifs is 1. The Bertz CT molecular complexity index is 687. The molecule has 1 aliphatic rings. The number of carbonyl (C=O) groups is 1. The molecule has 3 nitrogen and oxygen atoms in total. The fraction of sp³-hybridized carbons (Fsp3) is 0.0714. The van der Waals surface area contributed by atoms with Crippen molar-refractivity contribution in [1.29, 1.82) is 0 Å². The van der Waals surface area contributed by atoms with Gasteiger partial charge in [0.1, 0.15) is 11.6 Å². The van der Waals surface area contributed by atoms with E-state index >= 15 is 0 Å². The maximum absolute atomic E-state index is 13.8. The first-order valence-electron chi connectivity index (χ1n) is 5.62. The molecule has 5 heteroatoms. The normalized spacial score (nSPS) is 21.1. The third-order valence-corrected chi connectivity index (χ3v) is 3.21. The first-order valence-corrected chi connectivity index (χ1v) is 5.62. The third-order valence-electron chi connectivity index (χ3n) is 3.21. The highest BCUT2D eigenvalue weighted by Crippen LogP contribution is 2.41. The van der Waals surface area contributed by atoms with Crippen LogP contribution in [0.25, 0.3) is 0 Å². The van der Waals surface area contributed by atoms with Crippen LogP contribution < -0.4 is 5.32 Å². The molecular formula is C14H9F2NO2. The van der Waals surface area contributed by atoms with Crippen LogP contribution in [-0.4, -0.2) is 11.0 Å². The molecule has 1 heterocycles. The van der Waals surface area contributed by atoms with Crippen molar-refractivity contribution >= 4 is 11.6 Å². The molecular weight excluding hydrogens is 252 g/mol. The first kappa shape index (κ1) is 11.8. The lowest BCUT2D eigenvalue weighted by atomic mass is 9.87. The van der Waals surface area contributed by atoms with Gasteiger partial charge in [0.2, 0.25) is 0 Å². The van der Waals surface area contributed by atoms with E-state index in [1.807, 2.05) is 0 Å². The van der Waals surface area contributed by atoms with Gasteiger partial charge in [-0.25, -0.2) is 8.78 Å². The second-order valence-electron chi connectivity index (χ2n) is 4.33. The summed E-state index contributed by atoms with van der Waals surface area (Å²) in [5, 5.41) is 13.0. The van der Waals surface area contributed by atoms with Gasteiger partial charge in [-0.1, -0.05) is 18.2 Å². The number of hydrogen-bond donors (Lipinski definition) is 2. The van der Waals surface area contributed by atoms with Crippen molar-refractivity contribution in [3.8, 4) is 0 Å². The average Bonchev–Trinajstić information content (AvgIpc) is 2.64. The van der Waals surface area contributed by atoms with Crippen LogP contribution in [0.5, 0.6) is 0 Å². The van der Waals surface area contributed by atoms with Crippen LogP contribution in [0.4, 0.5) is 14.5 Å². The van der Waals surface area contributed by atoms with Crippen molar-refractivity contribution in [1.82, 2.24) is 0 Å². The summed E-state index contributed by atoms with van der Waals surface area (Å²) in [7, 11) is 0. The average molecular weight is 261 g/mol. The highest BCUT2D eigenvalue weighted by atomic mass is 19.1. The second-order valence-corrected chi connectivity index (χ2v) is 4.33. The molecule has 2 N–H and O–H groups in total. The van der Waals surface area contributed by atoms with Crippen LogP contribution in [0.1, 0.15) is 11.1 Å². The van der Waals surface area contributed by atoms with E-state index in [-0.39, 0.29) is 16.8 Å². The van der Waals surface area contributed by atoms with Crippen molar-refractivity contribution < 1.29 is 18.7 Å². The van der Waals surface area contributed by atoms with Crippen LogP contribution in [-0.2, 0) is 10.4 Å². The highest BCUT2D eigenvalue weighted by Gasteiger charge is 2.48. The summed E-state index contributed by atoms with van der Waals surface area (Å²) in [6, 6.07) is 8.91. The van der Waals surface area contributed by atoms with Crippen LogP contribution >= 0.6 is 0 Å². The summed E-state index contributed by atoms with van der Waals surface area (Å²) in [5.74, 6) is -2.12. The van der Waals surface area contributed by atoms with E-state index in [0.717, 1.165) is 18.2 Å². The van der Waals surface area contributed by atoms with Crippen molar-refractivity contribution in [2.24, 2.45) is 0 Å². The molecule has 0 radical (unpaired) electrons. The number of halogens is 2. The fourth-order valence-corrected chi connectivity index (χ4v) is 2.28. The maximum Gasteiger partial charge on any atom is 0.265 e. The van der Waals surface area contributed by atoms with Crippen LogP contribution in [0.15, 0.2) is 42.5 Å². The van der Waals surface area contributed by atoms with E-state index in [1.165, 1.54) is 24.3 Å². The van der Waals surface area contributed by atoms with Gasteiger partial charge in [-0.15, -0.1) is 0 Å². The molecule has 0 aromatic heterocycles. The lowest BCUT2D eigenvalue weighted by Gasteiger charge is -2.21. The van der Waals surface area contributed by atoms with E-state index in [0.29, 0.717) is 0 Å². The Morgan fingerprint density at radius 1 is 1.05 bits per heavy atom. The summed E-state index contributed by atoms with van der Waals surface area (Å²) >= 11 is 0. The summed E-state index contributed by atoms with van der Waals surface area (Å²) in [5.41, 5.74) is -2.11. The number of aliphatic hydroxyl groups is 1. The Labute approximate surface area is 107 Å². The van der Waals surface area contributed by atoms with Gasteiger partial charge in [-0.05, 0) is 24.3 Å². The van der Waals surface area contributed by atoms with Crippen molar-refractivity contribution in [3.63, 3.8) is 0 Å². The monoisotopic (exact) mass is 261 g/mol. The second kappa shape index (κ2) is 3.86. The fourth-order valence-electron chi connectivity index (χ4n) is 2.28. The zero-order valence-electron chi connectivity index (χ0n) is 9.65. The van der Waals surface area contributed by atoms with Crippen LogP contribution in [0.2, 0.25) is 0 Å². The molecule has 3 rings (SSSR count). The van der Waals surface area contributed by atoms with E-state index in [2.05, 4.69) is 5.32 Å². The summed E-state index contributed by atoms with van der Waals surface area (Å²) < 4.78 is 27.1. The molecule has 0 spiro atoms. The minimum absolute atomic E-state index is 0.0163. The molecule has 1 aliphatic heterocycles. The van der Waals surface area contributed by atoms with Gasteiger partial charge in [-0.2, -0.15) is 0 Å². The predicted molar refractivity (Wildman–Crippen MR) is 64.4 cm³/mol. The molecule has 0 fully saturated rings. The van der Waals surface area contributed by atoms with E-state index < -0.39 is 23.1 Å². The lowest BCUT2D eigenvalue weighted by Crippen LogP contribution is -2.36. The van der Waals surface area contributed by atoms with Gasteiger partial charge < -0.3 is 10.4 Å². The number of amides is 1. The molecule has 96 valence electrons. The molecule has 19 heavy (non-hydrogen) atoms. The SMILES string of the molecule is O=C1Nc2ccc(F)cc2C1(O)c1ccccc1F. The molecule has 1 atom stereocenters. The minimum atomic E-state index is -2.21. The van der Waals surface area contributed by atoms with Crippen molar-refractivity contribution in [3.05, 3.63) is 65.2 Å². The predicted octanol–water partition coefficient (Wildman–Crippen LogP) is 2.15. The number of carbonyl (C=O) groups excluding carboxylic acids is 1. The molecule has 0 aliphatic carbocycles. The molecule has 0 saturated carbocycles. The van der Waals surface area contributed by atoms with Crippen LogP contribution in [0.3, 0.4) is 0 Å². The Morgan fingerprint density at radius 3 is 2.53 bits per heavy atom. The summed E-state index contributed by atoms with van der Waals surface area (Å²) in [6.07, 6.45) is 0. The van der Waals surface area contributed by atoms with E-state index in [1.54, 1.807) is 0 Å². The topological polar surface area (TPSA) is 49.3 Å². The Kier molecular flexibility index (Phi) is 2.40. The molecule has 1 amide bonds. The number of rotatable bonds is 1. The standard InChI is InChI=1S/C14H9F2NO2/c15-8-5-6-12-10(7-8)14(19,13(18)17-12)9-3-1-2-4-11(9)16/h1-7,19H,(H,17,18). The molecule has 0 saturated heterocycles.